The van der Waals surface area contributed by atoms with Gasteiger partial charge in [-0.05, 0) is 0 Å². The summed E-state index contributed by atoms with van der Waals surface area (Å²) in [4.78, 5) is 0. The van der Waals surface area contributed by atoms with Gasteiger partial charge in [-0.2, -0.15) is 0 Å². The van der Waals surface area contributed by atoms with E-state index in [2.05, 4.69) is 118 Å². The Bertz CT molecular complexity index is 932. The van der Waals surface area contributed by atoms with Crippen LogP contribution in [0.4, 0.5) is 0 Å². The zero-order valence-corrected chi connectivity index (χ0v) is 24.0. The molecule has 2 unspecified atom stereocenters. The van der Waals surface area contributed by atoms with Crippen LogP contribution in [0.15, 0.2) is 63.1 Å². The van der Waals surface area contributed by atoms with E-state index in [1.165, 1.54) is 33.0 Å². The second-order valence-corrected chi connectivity index (χ2v) is 13.8. The first-order valence-electron chi connectivity index (χ1n) is 9.82. The van der Waals surface area contributed by atoms with E-state index < -0.39 is 8.07 Å². The molecule has 0 saturated heterocycles. The molecule has 1 aliphatic rings. The summed E-state index contributed by atoms with van der Waals surface area (Å²) in [6, 6.07) is 16.3. The summed E-state index contributed by atoms with van der Waals surface area (Å²) in [7, 11) is -2.10. The number of allylic oxidation sites excluding steroid dienone is 4. The Morgan fingerprint density at radius 1 is 0.733 bits per heavy atom. The fraction of sp³-hybridized carbons (Fsp3) is 0.360. The van der Waals surface area contributed by atoms with E-state index in [9.17, 15) is 0 Å². The smallest absolute Gasteiger partial charge is 1.00 e. The molecule has 2 aromatic carbocycles. The second kappa shape index (κ2) is 10.6. The predicted octanol–water partition coefficient (Wildman–Crippen LogP) is -3.25. The van der Waals surface area contributed by atoms with Gasteiger partial charge in [0.2, 0.25) is 0 Å². The topological polar surface area (TPSA) is 0 Å². The molecule has 5 heteroatoms. The molecule has 160 valence electrons. The maximum Gasteiger partial charge on any atom is -1.00 e. The van der Waals surface area contributed by atoms with Crippen molar-refractivity contribution in [3.8, 4) is 0 Å². The van der Waals surface area contributed by atoms with Gasteiger partial charge in [0.05, 0.1) is 0 Å². The first-order valence-corrected chi connectivity index (χ1v) is 13.1. The summed E-state index contributed by atoms with van der Waals surface area (Å²) in [5.74, 6) is 0. The van der Waals surface area contributed by atoms with E-state index in [-0.39, 0.29) is 42.3 Å². The third kappa shape index (κ3) is 4.19. The number of aryl methyl sites for hydroxylation is 2. The van der Waals surface area contributed by atoms with Crippen LogP contribution in [0.25, 0.3) is 0 Å². The number of halogens is 3. The predicted molar refractivity (Wildman–Crippen MR) is 117 cm³/mol. The van der Waals surface area contributed by atoms with Gasteiger partial charge in [-0.25, -0.2) is 0 Å². The average molecular weight is 514 g/mol. The van der Waals surface area contributed by atoms with Crippen LogP contribution < -0.4 is 47.6 Å². The van der Waals surface area contributed by atoms with Crippen LogP contribution in [0.2, 0.25) is 11.6 Å². The minimum Gasteiger partial charge on any atom is -1.00 e. The van der Waals surface area contributed by atoms with Crippen LogP contribution in [-0.4, -0.2) is 8.07 Å². The number of benzene rings is 2. The van der Waals surface area contributed by atoms with E-state index in [0.717, 1.165) is 0 Å². The minimum absolute atomic E-state index is 0. The molecule has 0 aromatic heterocycles. The molecule has 2 aromatic rings. The Labute approximate surface area is 214 Å². The first kappa shape index (κ1) is 29.7. The van der Waals surface area contributed by atoms with E-state index in [1.807, 2.05) is 0 Å². The van der Waals surface area contributed by atoms with Crippen molar-refractivity contribution >= 4 is 18.4 Å². The Morgan fingerprint density at radius 2 is 1.20 bits per heavy atom. The summed E-state index contributed by atoms with van der Waals surface area (Å²) in [5, 5.41) is 3.17. The van der Waals surface area contributed by atoms with Crippen molar-refractivity contribution in [1.29, 1.82) is 0 Å². The van der Waals surface area contributed by atoms with Crippen LogP contribution in [0.5, 0.6) is 0 Å². The molecule has 3 rings (SSSR count). The molecule has 0 nitrogen and oxygen atoms in total. The van der Waals surface area contributed by atoms with Crippen molar-refractivity contribution in [2.45, 2.75) is 60.1 Å². The molecule has 0 bridgehead atoms. The van der Waals surface area contributed by atoms with Crippen molar-refractivity contribution in [3.63, 3.8) is 0 Å². The van der Waals surface area contributed by atoms with Gasteiger partial charge >= 0.3 is 179 Å². The Morgan fingerprint density at radius 3 is 1.60 bits per heavy atom. The Balaban J connectivity index is 0.00000280. The van der Waals surface area contributed by atoms with Crippen molar-refractivity contribution < 1.29 is 57.7 Å². The summed E-state index contributed by atoms with van der Waals surface area (Å²) in [6.45, 7) is 18.9. The van der Waals surface area contributed by atoms with Crippen LogP contribution in [-0.2, 0) is 20.4 Å². The van der Waals surface area contributed by atoms with Gasteiger partial charge < -0.3 is 37.2 Å². The van der Waals surface area contributed by atoms with Crippen LogP contribution in [0.1, 0.15) is 44.4 Å². The van der Waals surface area contributed by atoms with E-state index in [1.54, 1.807) is 14.6 Å². The summed E-state index contributed by atoms with van der Waals surface area (Å²) in [5.41, 5.74) is 8.80. The van der Waals surface area contributed by atoms with Crippen LogP contribution in [0, 0.1) is 20.8 Å². The average Bonchev–Trinajstić information content (AvgIpc) is 2.82. The fourth-order valence-electron chi connectivity index (χ4n) is 4.87. The molecule has 1 aliphatic carbocycles. The summed E-state index contributed by atoms with van der Waals surface area (Å²) < 4.78 is 1.56. The zero-order chi connectivity index (χ0) is 20.1. The first-order chi connectivity index (χ1) is 12.6. The van der Waals surface area contributed by atoms with Gasteiger partial charge in [-0.15, -0.1) is 0 Å². The van der Waals surface area contributed by atoms with Gasteiger partial charge in [0.1, 0.15) is 0 Å². The summed E-state index contributed by atoms with van der Waals surface area (Å²) in [6.07, 6.45) is 0. The largest absolute Gasteiger partial charge is 1.00 e. The van der Waals surface area contributed by atoms with Crippen molar-refractivity contribution in [1.82, 2.24) is 0 Å². The molecule has 0 amide bonds. The SMILES string of the molecule is CC1=C(C)C(C)([Si](C)(c2ccccc2)c2cc(C)c(C)c(C)c2)[C]([Ti+3])=C1C.[Cl-].[Cl-].[Cl-]. The molecule has 2 atom stereocenters. The van der Waals surface area contributed by atoms with Gasteiger partial charge in [0, 0.05) is 0 Å². The van der Waals surface area contributed by atoms with Gasteiger partial charge in [0.25, 0.3) is 0 Å². The Hall–Kier alpha value is -0.279. The standard InChI is InChI=1S/C25H31Si.3ClH.Ti/c1-17-14-24(15-18(2)20(17)4)26(8,23-12-10-9-11-13-23)25(7)16-19(3)21(5)22(25)6;;;;/h9-15H,1-8H3;3*1H;/q;;;;+3/p-3. The Kier molecular flexibility index (Phi) is 10.5. The normalized spacial score (nSPS) is 20.2. The number of rotatable bonds is 3. The molecule has 0 radical (unpaired) electrons. The van der Waals surface area contributed by atoms with Crippen molar-refractivity contribution in [2.24, 2.45) is 0 Å². The second-order valence-electron chi connectivity index (χ2n) is 8.60. The molecule has 0 heterocycles. The van der Waals surface area contributed by atoms with Gasteiger partial charge in [-0.3, -0.25) is 0 Å². The molecule has 0 spiro atoms. The molecular weight excluding hydrogens is 483 g/mol. The maximum atomic E-state index is 2.59. The number of hydrogen-bond acceptors (Lipinski definition) is 0. The number of hydrogen-bond donors (Lipinski definition) is 0. The molecule has 0 N–H and O–H groups in total. The van der Waals surface area contributed by atoms with E-state index in [4.69, 9.17) is 0 Å². The van der Waals surface area contributed by atoms with Gasteiger partial charge in [-0.1, -0.05) is 0 Å². The van der Waals surface area contributed by atoms with E-state index >= 15 is 0 Å². The third-order valence-corrected chi connectivity index (χ3v) is 14.9. The van der Waals surface area contributed by atoms with E-state index in [0.29, 0.717) is 0 Å². The van der Waals surface area contributed by atoms with Crippen LogP contribution in [0.3, 0.4) is 0 Å². The van der Waals surface area contributed by atoms with Crippen molar-refractivity contribution in [2.75, 3.05) is 0 Å². The quantitative estimate of drug-likeness (QED) is 0.379. The monoisotopic (exact) mass is 512 g/mol. The van der Waals surface area contributed by atoms with Crippen LogP contribution >= 0.6 is 0 Å². The summed E-state index contributed by atoms with van der Waals surface area (Å²) >= 11 is 2.37. The third-order valence-electron chi connectivity index (χ3n) is 7.61. The molecule has 0 fully saturated rings. The van der Waals surface area contributed by atoms with Crippen molar-refractivity contribution in [3.05, 3.63) is 79.8 Å². The zero-order valence-electron chi connectivity index (χ0n) is 19.2. The minimum atomic E-state index is -2.10. The van der Waals surface area contributed by atoms with Gasteiger partial charge in [0.15, 0.2) is 0 Å². The fourth-order valence-corrected chi connectivity index (χ4v) is 11.6. The molecule has 30 heavy (non-hydrogen) atoms. The molecule has 0 aliphatic heterocycles. The molecule has 0 saturated carbocycles. The molecular formula is C25H31Cl3SiTi. The maximum absolute atomic E-state index is 2.59.